The molecule has 0 radical (unpaired) electrons. The number of carbonyl (C=O) groups is 4. The highest BCUT2D eigenvalue weighted by molar-refractivity contribution is 6.08. The van der Waals surface area contributed by atoms with Crippen molar-refractivity contribution >= 4 is 92.9 Å². The molecular weight excluding hydrogens is 1800 g/mol. The first kappa shape index (κ1) is 64.0. The van der Waals surface area contributed by atoms with Crippen molar-refractivity contribution in [2.24, 2.45) is 0 Å². The van der Waals surface area contributed by atoms with Crippen LogP contribution < -0.4 is 42.5 Å². The third-order valence-corrected chi connectivity index (χ3v) is 20.3. The van der Waals surface area contributed by atoms with Gasteiger partial charge in [-0.3, -0.25) is 39.1 Å². The van der Waals surface area contributed by atoms with E-state index in [-0.39, 0.29) is 211 Å². The molecular formula is C114H102N26O4. The minimum Gasteiger partial charge on any atom is -0.324 e. The van der Waals surface area contributed by atoms with Crippen molar-refractivity contribution < 1.29 is 63.0 Å². The molecule has 12 heterocycles. The molecule has 4 amide bonds. The number of aromatic nitrogens is 18. The van der Waals surface area contributed by atoms with Gasteiger partial charge in [-0.1, -0.05) is 24.2 Å². The van der Waals surface area contributed by atoms with E-state index < -0.39 is 143 Å². The second-order valence-electron chi connectivity index (χ2n) is 31.6. The number of rotatable bonds is 24. The Bertz CT molecular complexity index is 9700. The highest BCUT2D eigenvalue weighted by Gasteiger charge is 2.20. The summed E-state index contributed by atoms with van der Waals surface area (Å²) in [5.41, 5.74) is 2.88. The lowest BCUT2D eigenvalue weighted by Crippen LogP contribution is -2.13. The number of carbonyl (C=O) groups excluding carboxylic acids is 4. The Hall–Kier alpha value is -19.3. The maximum Gasteiger partial charge on any atom is 0.255 e. The summed E-state index contributed by atoms with van der Waals surface area (Å²) in [6, 6.07) is 13.4. The van der Waals surface area contributed by atoms with E-state index in [1.807, 2.05) is 19.1 Å². The Balaban J connectivity index is 0.000000155. The quantitative estimate of drug-likeness (QED) is 0.0278. The molecule has 8 aromatic carbocycles. The van der Waals surface area contributed by atoms with E-state index in [0.717, 1.165) is 21.3 Å². The zero-order chi connectivity index (χ0) is 128. The van der Waals surface area contributed by atoms with Gasteiger partial charge in [-0.15, -0.1) is 0 Å². The van der Waals surface area contributed by atoms with Crippen molar-refractivity contribution in [2.75, 3.05) is 42.5 Å². The Morgan fingerprint density at radius 3 is 0.868 bits per heavy atom. The smallest absolute Gasteiger partial charge is 0.255 e. The number of hydrogen-bond donors (Lipinski definition) is 8. The third-order valence-electron chi connectivity index (χ3n) is 20.3. The first-order valence-electron chi connectivity index (χ1n) is 59.7. The second-order valence-corrected chi connectivity index (χ2v) is 31.6. The molecule has 20 aromatic rings. The molecule has 712 valence electrons. The van der Waals surface area contributed by atoms with E-state index in [9.17, 15) is 19.2 Å². The molecule has 8 N–H and O–H groups in total. The Morgan fingerprint density at radius 1 is 0.292 bits per heavy atom. The summed E-state index contributed by atoms with van der Waals surface area (Å²) in [4.78, 5) is 113. The highest BCUT2D eigenvalue weighted by atomic mass is 16.2. The maximum absolute atomic E-state index is 13.7. The Kier molecular flexibility index (Phi) is 19.8. The minimum atomic E-state index is -2.97. The maximum atomic E-state index is 13.7. The Labute approximate surface area is 877 Å². The number of benzene rings is 8. The largest absolute Gasteiger partial charge is 0.324 e. The van der Waals surface area contributed by atoms with Crippen LogP contribution in [-0.2, 0) is 0 Å². The van der Waals surface area contributed by atoms with Gasteiger partial charge < -0.3 is 60.8 Å². The number of hydrogen-bond acceptors (Lipinski definition) is 22. The molecule has 0 spiro atoms. The van der Waals surface area contributed by atoms with Crippen LogP contribution in [0.25, 0.3) is 67.8 Å². The van der Waals surface area contributed by atoms with Gasteiger partial charge in [0.15, 0.2) is 0 Å². The van der Waals surface area contributed by atoms with E-state index in [1.165, 1.54) is 91.8 Å². The summed E-state index contributed by atoms with van der Waals surface area (Å²) in [5.74, 6) is -4.28. The molecule has 0 aliphatic rings. The number of nitrogens with zero attached hydrogens (tertiary/aromatic N) is 18. The average Bonchev–Trinajstić information content (AvgIpc) is 1.64. The lowest BCUT2D eigenvalue weighted by molar-refractivity contribution is 0.101. The molecule has 12 aromatic heterocycles. The Morgan fingerprint density at radius 2 is 0.597 bits per heavy atom. The topological polar surface area (TPSA) is 365 Å². The standard InChI is InChI=1S/2C29H26N6O.2C28H25N7O/c2*1-19-9-12-35(18-19)25-14-20(2)13-24(16-25)32-28(36)22-7-6-21(3)27(15-22)34-29-31-11-8-26(33-29)23-5-4-10-30-17-23;2*1-18-11-23(14-24(12-18)35-16-20(3)31-17-35)32-27(36)21-7-6-19(2)26(13-21)34-28-30-10-8-25(33-28)22-5-4-9-29-15-22/h2*4-18H,1-3H3,(H,32,36)(H,31,33,34);2*4-17H,1-3H3,(H,32,36)(H,30,33,34)/i6D,7D,12D,13D,14D,15D,16D,18D;3D3,6D,7D,13D,14D,15D,16D;2D3,6D,7D,11D,12D,13D,14D;6D,7D,11D,12D,13D,14D. The number of imidazole rings is 2. The summed E-state index contributed by atoms with van der Waals surface area (Å²) in [6.45, 7) is 10.0. The van der Waals surface area contributed by atoms with Gasteiger partial charge in [0, 0.05) is 232 Å². The number of amides is 4. The van der Waals surface area contributed by atoms with Crippen LogP contribution in [0.3, 0.4) is 0 Å². The molecule has 0 atom stereocenters. The van der Waals surface area contributed by atoms with Gasteiger partial charge in [-0.05, 0) is 344 Å². The molecule has 0 saturated carbocycles. The molecule has 0 bridgehead atoms. The first-order chi connectivity index (χ1) is 83.2. The van der Waals surface area contributed by atoms with Crippen LogP contribution in [0.2, 0.25) is 0 Å². The van der Waals surface area contributed by atoms with Gasteiger partial charge in [0.25, 0.3) is 23.6 Å². The molecule has 0 saturated heterocycles. The highest BCUT2D eigenvalue weighted by Crippen LogP contribution is 2.33. The van der Waals surface area contributed by atoms with Crippen molar-refractivity contribution in [2.45, 2.75) is 82.9 Å². The first-order valence-corrected chi connectivity index (χ1v) is 43.7. The monoisotopic (exact) mass is 1930 g/mol. The fourth-order valence-electron chi connectivity index (χ4n) is 13.5. The van der Waals surface area contributed by atoms with Crippen molar-refractivity contribution in [1.29, 1.82) is 0 Å². The average molecular weight is 1930 g/mol. The summed E-state index contributed by atoms with van der Waals surface area (Å²) in [7, 11) is 0. The lowest BCUT2D eigenvalue weighted by atomic mass is 10.1. The third kappa shape index (κ3) is 25.2. The molecule has 30 nitrogen and oxygen atoms in total. The van der Waals surface area contributed by atoms with Gasteiger partial charge in [0.05, 0.1) is 82.5 Å². The van der Waals surface area contributed by atoms with E-state index in [1.54, 1.807) is 169 Å². The van der Waals surface area contributed by atoms with Crippen molar-refractivity contribution in [3.63, 3.8) is 0 Å². The van der Waals surface area contributed by atoms with Gasteiger partial charge in [0.2, 0.25) is 23.8 Å². The lowest BCUT2D eigenvalue weighted by Gasteiger charge is -2.13. The van der Waals surface area contributed by atoms with E-state index >= 15 is 0 Å². The van der Waals surface area contributed by atoms with Crippen LogP contribution in [-0.4, -0.2) is 112 Å². The van der Waals surface area contributed by atoms with Gasteiger partial charge in [-0.2, -0.15) is 0 Å². The van der Waals surface area contributed by atoms with Crippen molar-refractivity contribution in [1.82, 2.24) is 88.0 Å². The predicted molar refractivity (Wildman–Crippen MR) is 567 cm³/mol. The normalized spacial score (nSPS) is 14.1. The van der Waals surface area contributed by atoms with Crippen LogP contribution in [0.1, 0.15) is 152 Å². The number of pyridine rings is 4. The fraction of sp³-hybridized carbons (Fsp3) is 0.105. The van der Waals surface area contributed by atoms with E-state index in [4.69, 9.17) is 43.9 Å². The predicted octanol–water partition coefficient (Wildman–Crippen LogP) is 23.8. The zero-order valence-electron chi connectivity index (χ0n) is 110. The molecule has 20 rings (SSSR count). The summed E-state index contributed by atoms with van der Waals surface area (Å²) >= 11 is 0. The minimum absolute atomic E-state index is 0.0237. The van der Waals surface area contributed by atoms with E-state index in [0.29, 0.717) is 50.9 Å². The van der Waals surface area contributed by atoms with Gasteiger partial charge in [0.1, 0.15) is 0 Å². The molecule has 0 unspecified atom stereocenters. The van der Waals surface area contributed by atoms with Crippen LogP contribution in [0.15, 0.2) is 354 Å². The van der Waals surface area contributed by atoms with Gasteiger partial charge >= 0.3 is 0 Å². The van der Waals surface area contributed by atoms with Crippen molar-refractivity contribution in [3.05, 3.63) is 443 Å². The molecule has 0 aliphatic heterocycles. The van der Waals surface area contributed by atoms with Crippen LogP contribution in [0, 0.1) is 82.9 Å². The summed E-state index contributed by atoms with van der Waals surface area (Å²) in [6.07, 6.45) is 27.7. The molecule has 144 heavy (non-hydrogen) atoms. The number of nitrogens with one attached hydrogen (secondary N) is 8. The van der Waals surface area contributed by atoms with Crippen LogP contribution in [0.5, 0.6) is 0 Å². The zero-order valence-corrected chi connectivity index (χ0v) is 78.2. The summed E-state index contributed by atoms with van der Waals surface area (Å²) < 4.78 is 277. The van der Waals surface area contributed by atoms with Gasteiger partial charge in [-0.25, -0.2) is 49.8 Å². The molecule has 0 aliphatic carbocycles. The fourth-order valence-corrected chi connectivity index (χ4v) is 13.5. The van der Waals surface area contributed by atoms with Crippen LogP contribution >= 0.6 is 0 Å². The molecule has 30 heteroatoms. The SMILES string of the molecule is [2H]c1c(C)c([2H])c(-n2ccc(C)c2)c([2H])c1NC(=O)c1c([2H])c([2H])c(C([2H])([2H])[2H])c(Nc2nccc(-c3cccnc3)n2)c1[2H].[2H]c1c(C)c([2H])c(-n2cnc(C)c2)c([2H])c1NC(=O)c1c([2H])c([2H])c(C([2H])([2H])[2H])c(Nc2nccc(-c3cccnc3)n2)c1[2H].[2H]c1c([2H])c(C(=O)Nc2c([2H])c(C)c([2H])c(-n3c([2H])cc(C)c3[2H])c2[2H])c([2H])c(Nc2nccc(-c3cccnc3)n2)c1C.[2H]c1c([2H])c(C(=O)Nc2c([2H])c(C)c([2H])c(-n3cnc(C)c3)c2[2H])c([2H])c(Nc2nccc(-c3cccnc3)n2)c1C. The number of aryl methyl sites for hydroxylation is 4. The van der Waals surface area contributed by atoms with E-state index in [2.05, 4.69) is 112 Å². The summed E-state index contributed by atoms with van der Waals surface area (Å²) in [5, 5.41) is 21.0. The van der Waals surface area contributed by atoms with Crippen molar-refractivity contribution in [3.8, 4) is 67.8 Å². The molecule has 0 fully saturated rings. The van der Waals surface area contributed by atoms with Crippen LogP contribution in [0.4, 0.5) is 69.3 Å². The number of anilines is 12. The second kappa shape index (κ2) is 44.5.